The Kier molecular flexibility index (Phi) is 3.21. The van der Waals surface area contributed by atoms with E-state index in [4.69, 9.17) is 0 Å². The first-order chi connectivity index (χ1) is 8.82. The Balaban J connectivity index is 2.51. The lowest BCUT2D eigenvalue weighted by Crippen LogP contribution is -2.05. The highest BCUT2D eigenvalue weighted by Gasteiger charge is 2.34. The molecule has 0 aliphatic heterocycles. The summed E-state index contributed by atoms with van der Waals surface area (Å²) in [4.78, 5) is 3.45. The van der Waals surface area contributed by atoms with Crippen molar-refractivity contribution in [3.8, 4) is 11.4 Å². The maximum atomic E-state index is 13.8. The SMILES string of the molecule is CNc1ccc(-c2nc(C(F)(F)F)cn2C)c(F)c1. The highest BCUT2D eigenvalue weighted by molar-refractivity contribution is 5.61. The van der Waals surface area contributed by atoms with Crippen molar-refractivity contribution in [2.24, 2.45) is 7.05 Å². The zero-order valence-corrected chi connectivity index (χ0v) is 10.2. The van der Waals surface area contributed by atoms with Crippen molar-refractivity contribution in [3.05, 3.63) is 35.9 Å². The summed E-state index contributed by atoms with van der Waals surface area (Å²) in [7, 11) is 3.01. The normalized spacial score (nSPS) is 11.7. The van der Waals surface area contributed by atoms with E-state index in [1.54, 1.807) is 13.1 Å². The van der Waals surface area contributed by atoms with Gasteiger partial charge in [-0.2, -0.15) is 13.2 Å². The van der Waals surface area contributed by atoms with Crippen LogP contribution in [0.15, 0.2) is 24.4 Å². The third-order valence-electron chi connectivity index (χ3n) is 2.67. The van der Waals surface area contributed by atoms with E-state index in [0.717, 1.165) is 10.8 Å². The highest BCUT2D eigenvalue weighted by Crippen LogP contribution is 2.31. The van der Waals surface area contributed by atoms with E-state index in [2.05, 4.69) is 10.3 Å². The highest BCUT2D eigenvalue weighted by atomic mass is 19.4. The van der Waals surface area contributed by atoms with Crippen LogP contribution in [-0.4, -0.2) is 16.6 Å². The van der Waals surface area contributed by atoms with E-state index in [-0.39, 0.29) is 11.4 Å². The second-order valence-electron chi connectivity index (χ2n) is 4.00. The molecule has 0 bridgehead atoms. The van der Waals surface area contributed by atoms with Gasteiger partial charge >= 0.3 is 6.18 Å². The van der Waals surface area contributed by atoms with Crippen LogP contribution in [0.25, 0.3) is 11.4 Å². The minimum atomic E-state index is -4.54. The van der Waals surface area contributed by atoms with Gasteiger partial charge in [-0.25, -0.2) is 9.37 Å². The van der Waals surface area contributed by atoms with Gasteiger partial charge in [-0.3, -0.25) is 0 Å². The van der Waals surface area contributed by atoms with Gasteiger partial charge in [0.1, 0.15) is 11.6 Å². The maximum Gasteiger partial charge on any atom is 0.434 e. The smallest absolute Gasteiger partial charge is 0.388 e. The molecule has 1 aromatic carbocycles. The number of aryl methyl sites for hydroxylation is 1. The second kappa shape index (κ2) is 4.56. The average molecular weight is 273 g/mol. The monoisotopic (exact) mass is 273 g/mol. The Bertz CT molecular complexity index is 602. The van der Waals surface area contributed by atoms with Gasteiger partial charge in [0.25, 0.3) is 0 Å². The van der Waals surface area contributed by atoms with Crippen molar-refractivity contribution in [2.75, 3.05) is 12.4 Å². The molecule has 0 aliphatic rings. The summed E-state index contributed by atoms with van der Waals surface area (Å²) >= 11 is 0. The van der Waals surface area contributed by atoms with Crippen LogP contribution in [0.2, 0.25) is 0 Å². The molecule has 1 heterocycles. The molecule has 0 aliphatic carbocycles. The van der Waals surface area contributed by atoms with Gasteiger partial charge in [0.2, 0.25) is 0 Å². The molecule has 0 atom stereocenters. The molecule has 1 aromatic heterocycles. The van der Waals surface area contributed by atoms with Gasteiger partial charge in [-0.15, -0.1) is 0 Å². The Morgan fingerprint density at radius 2 is 1.95 bits per heavy atom. The number of hydrogen-bond acceptors (Lipinski definition) is 2. The fourth-order valence-electron chi connectivity index (χ4n) is 1.71. The van der Waals surface area contributed by atoms with Gasteiger partial charge in [0.05, 0.1) is 5.56 Å². The molecule has 0 spiro atoms. The van der Waals surface area contributed by atoms with Gasteiger partial charge in [-0.05, 0) is 18.2 Å². The largest absolute Gasteiger partial charge is 0.434 e. The second-order valence-corrected chi connectivity index (χ2v) is 4.00. The van der Waals surface area contributed by atoms with E-state index >= 15 is 0 Å². The summed E-state index contributed by atoms with van der Waals surface area (Å²) in [5.74, 6) is -0.693. The summed E-state index contributed by atoms with van der Waals surface area (Å²) in [5.41, 5.74) is -0.481. The predicted molar refractivity (Wildman–Crippen MR) is 63.2 cm³/mol. The van der Waals surface area contributed by atoms with Crippen molar-refractivity contribution in [1.29, 1.82) is 0 Å². The Morgan fingerprint density at radius 3 is 2.42 bits per heavy atom. The van der Waals surface area contributed by atoms with Crippen molar-refractivity contribution in [3.63, 3.8) is 0 Å². The fraction of sp³-hybridized carbons (Fsp3) is 0.250. The molecule has 19 heavy (non-hydrogen) atoms. The minimum Gasteiger partial charge on any atom is -0.388 e. The molecule has 102 valence electrons. The summed E-state index contributed by atoms with van der Waals surface area (Å²) in [5, 5.41) is 2.74. The number of alkyl halides is 3. The number of benzene rings is 1. The van der Waals surface area contributed by atoms with Crippen LogP contribution in [0, 0.1) is 5.82 Å². The predicted octanol–water partition coefficient (Wildman–Crippen LogP) is 3.29. The van der Waals surface area contributed by atoms with Crippen LogP contribution in [0.4, 0.5) is 23.2 Å². The Hall–Kier alpha value is -2.05. The van der Waals surface area contributed by atoms with Gasteiger partial charge in [0.15, 0.2) is 5.69 Å². The quantitative estimate of drug-likeness (QED) is 0.851. The number of nitrogens with zero attached hydrogens (tertiary/aromatic N) is 2. The van der Waals surface area contributed by atoms with Crippen LogP contribution < -0.4 is 5.32 Å². The first-order valence-electron chi connectivity index (χ1n) is 5.41. The lowest BCUT2D eigenvalue weighted by atomic mass is 10.2. The Labute approximate surface area is 106 Å². The zero-order valence-electron chi connectivity index (χ0n) is 10.2. The number of nitrogens with one attached hydrogen (secondary N) is 1. The molecule has 0 amide bonds. The maximum absolute atomic E-state index is 13.8. The van der Waals surface area contributed by atoms with Crippen LogP contribution in [0.5, 0.6) is 0 Å². The van der Waals surface area contributed by atoms with Crippen molar-refractivity contribution < 1.29 is 17.6 Å². The molecule has 7 heteroatoms. The van der Waals surface area contributed by atoms with Gasteiger partial charge in [-0.1, -0.05) is 0 Å². The minimum absolute atomic E-state index is 0.0250. The first-order valence-corrected chi connectivity index (χ1v) is 5.41. The molecular formula is C12H11F4N3. The van der Waals surface area contributed by atoms with Crippen LogP contribution in [0.1, 0.15) is 5.69 Å². The number of halogens is 4. The molecule has 0 fully saturated rings. The standard InChI is InChI=1S/C12H11F4N3/c1-17-7-3-4-8(9(13)5-7)11-18-10(6-19(11)2)12(14,15)16/h3-6,17H,1-2H3. The van der Waals surface area contributed by atoms with Crippen LogP contribution in [-0.2, 0) is 13.2 Å². The fourth-order valence-corrected chi connectivity index (χ4v) is 1.71. The van der Waals surface area contributed by atoms with E-state index in [9.17, 15) is 17.6 Å². The molecule has 0 saturated heterocycles. The molecule has 0 unspecified atom stereocenters. The molecule has 3 nitrogen and oxygen atoms in total. The number of hydrogen-bond donors (Lipinski definition) is 1. The first kappa shape index (κ1) is 13.4. The Morgan fingerprint density at radius 1 is 1.26 bits per heavy atom. The van der Waals surface area contributed by atoms with E-state index in [1.807, 2.05) is 0 Å². The van der Waals surface area contributed by atoms with Crippen molar-refractivity contribution in [2.45, 2.75) is 6.18 Å². The summed E-state index contributed by atoms with van der Waals surface area (Å²) in [6, 6.07) is 4.17. The van der Waals surface area contributed by atoms with Crippen LogP contribution >= 0.6 is 0 Å². The zero-order chi connectivity index (χ0) is 14.2. The van der Waals surface area contributed by atoms with E-state index in [0.29, 0.717) is 5.69 Å². The number of aromatic nitrogens is 2. The number of rotatable bonds is 2. The molecule has 2 rings (SSSR count). The lowest BCUT2D eigenvalue weighted by Gasteiger charge is -2.05. The third-order valence-corrected chi connectivity index (χ3v) is 2.67. The summed E-state index contributed by atoms with van der Waals surface area (Å²) in [6.45, 7) is 0. The van der Waals surface area contributed by atoms with Crippen molar-refractivity contribution in [1.82, 2.24) is 9.55 Å². The van der Waals surface area contributed by atoms with Crippen LogP contribution in [0.3, 0.4) is 0 Å². The average Bonchev–Trinajstić information content (AvgIpc) is 2.71. The van der Waals surface area contributed by atoms with Crippen molar-refractivity contribution >= 4 is 5.69 Å². The van der Waals surface area contributed by atoms with E-state index < -0.39 is 17.7 Å². The molecule has 2 aromatic rings. The molecule has 1 N–H and O–H groups in total. The third kappa shape index (κ3) is 2.54. The number of imidazole rings is 1. The topological polar surface area (TPSA) is 29.9 Å². The molecular weight excluding hydrogens is 262 g/mol. The molecule has 0 radical (unpaired) electrons. The number of anilines is 1. The molecule has 0 saturated carbocycles. The van der Waals surface area contributed by atoms with Gasteiger partial charge in [0, 0.05) is 26.0 Å². The van der Waals surface area contributed by atoms with Gasteiger partial charge < -0.3 is 9.88 Å². The van der Waals surface area contributed by atoms with E-state index in [1.165, 1.54) is 19.2 Å². The summed E-state index contributed by atoms with van der Waals surface area (Å²) in [6.07, 6.45) is -3.71. The summed E-state index contributed by atoms with van der Waals surface area (Å²) < 4.78 is 52.6. The lowest BCUT2D eigenvalue weighted by molar-refractivity contribution is -0.140.